The normalized spacial score (nSPS) is 12.2. The number of hydrogen-bond acceptors (Lipinski definition) is 3. The molecule has 0 bridgehead atoms. The summed E-state index contributed by atoms with van der Waals surface area (Å²) >= 11 is 0. The number of carboxylic acid groups (broad SMARTS) is 1. The average molecular weight is 275 g/mol. The van der Waals surface area contributed by atoms with E-state index in [4.69, 9.17) is 5.11 Å². The summed E-state index contributed by atoms with van der Waals surface area (Å²) in [6.45, 7) is 1.95. The smallest absolute Gasteiger partial charge is 0.305 e. The van der Waals surface area contributed by atoms with E-state index in [1.54, 1.807) is 22.9 Å². The Morgan fingerprint density at radius 3 is 2.90 bits per heavy atom. The lowest BCUT2D eigenvalue weighted by atomic mass is 10.1. The number of rotatable bonds is 6. The van der Waals surface area contributed by atoms with Gasteiger partial charge in [-0.25, -0.2) is 4.98 Å². The summed E-state index contributed by atoms with van der Waals surface area (Å²) in [6, 6.07) is 5.13. The zero-order valence-corrected chi connectivity index (χ0v) is 11.2. The van der Waals surface area contributed by atoms with Crippen molar-refractivity contribution < 1.29 is 14.7 Å². The van der Waals surface area contributed by atoms with Crippen LogP contribution in [0.4, 0.5) is 0 Å². The van der Waals surface area contributed by atoms with Crippen molar-refractivity contribution in [2.45, 2.75) is 32.2 Å². The summed E-state index contributed by atoms with van der Waals surface area (Å²) in [5, 5.41) is 11.6. The van der Waals surface area contributed by atoms with Crippen LogP contribution in [0.5, 0.6) is 0 Å². The molecule has 0 saturated heterocycles. The Morgan fingerprint density at radius 1 is 1.45 bits per heavy atom. The molecule has 106 valence electrons. The van der Waals surface area contributed by atoms with Crippen LogP contribution in [0.2, 0.25) is 0 Å². The van der Waals surface area contributed by atoms with Gasteiger partial charge in [0.05, 0.1) is 6.42 Å². The van der Waals surface area contributed by atoms with Gasteiger partial charge in [-0.05, 0) is 18.6 Å². The van der Waals surface area contributed by atoms with E-state index in [2.05, 4.69) is 10.3 Å². The summed E-state index contributed by atoms with van der Waals surface area (Å²) in [6.07, 6.45) is 4.80. The first-order chi connectivity index (χ1) is 9.60. The second-order valence-electron chi connectivity index (χ2n) is 4.65. The molecule has 2 aromatic rings. The summed E-state index contributed by atoms with van der Waals surface area (Å²) in [4.78, 5) is 27.1. The van der Waals surface area contributed by atoms with Crippen molar-refractivity contribution in [2.75, 3.05) is 0 Å². The number of pyridine rings is 1. The zero-order valence-electron chi connectivity index (χ0n) is 11.2. The highest BCUT2D eigenvalue weighted by molar-refractivity contribution is 5.93. The molecule has 6 heteroatoms. The number of hydrogen-bond donors (Lipinski definition) is 2. The van der Waals surface area contributed by atoms with E-state index in [0.717, 1.165) is 6.42 Å². The third-order valence-electron chi connectivity index (χ3n) is 2.99. The molecule has 0 spiro atoms. The summed E-state index contributed by atoms with van der Waals surface area (Å²) in [5.74, 6) is -1.26. The van der Waals surface area contributed by atoms with E-state index in [-0.39, 0.29) is 18.4 Å². The number of imidazole rings is 1. The molecule has 0 saturated carbocycles. The molecule has 0 aliphatic rings. The van der Waals surface area contributed by atoms with Crippen molar-refractivity contribution >= 4 is 17.5 Å². The molecule has 0 aliphatic carbocycles. The number of carbonyl (C=O) groups excluding carboxylic acids is 1. The van der Waals surface area contributed by atoms with Crippen LogP contribution in [0.1, 0.15) is 36.7 Å². The van der Waals surface area contributed by atoms with E-state index in [1.165, 1.54) is 0 Å². The largest absolute Gasteiger partial charge is 0.481 e. The van der Waals surface area contributed by atoms with Gasteiger partial charge in [-0.15, -0.1) is 0 Å². The third kappa shape index (κ3) is 3.34. The Labute approximate surface area is 116 Å². The van der Waals surface area contributed by atoms with Gasteiger partial charge in [0.2, 0.25) is 0 Å². The van der Waals surface area contributed by atoms with Crippen LogP contribution < -0.4 is 5.32 Å². The van der Waals surface area contributed by atoms with Crippen LogP contribution in [0, 0.1) is 0 Å². The molecule has 0 fully saturated rings. The van der Waals surface area contributed by atoms with E-state index in [9.17, 15) is 9.59 Å². The molecule has 2 rings (SSSR count). The van der Waals surface area contributed by atoms with E-state index in [0.29, 0.717) is 17.8 Å². The fraction of sp³-hybridized carbons (Fsp3) is 0.357. The van der Waals surface area contributed by atoms with Gasteiger partial charge in [0, 0.05) is 18.4 Å². The molecule has 1 amide bonds. The van der Waals surface area contributed by atoms with Gasteiger partial charge in [0.25, 0.3) is 5.91 Å². The van der Waals surface area contributed by atoms with Crippen LogP contribution in [-0.2, 0) is 4.79 Å². The molecule has 20 heavy (non-hydrogen) atoms. The van der Waals surface area contributed by atoms with E-state index >= 15 is 0 Å². The highest BCUT2D eigenvalue weighted by atomic mass is 16.4. The minimum atomic E-state index is -0.918. The van der Waals surface area contributed by atoms with Gasteiger partial charge in [0.15, 0.2) is 0 Å². The van der Waals surface area contributed by atoms with E-state index < -0.39 is 5.97 Å². The topological polar surface area (TPSA) is 83.7 Å². The molecule has 1 atom stereocenters. The lowest BCUT2D eigenvalue weighted by Gasteiger charge is -2.14. The SMILES string of the molecule is CCCC(CC(=O)O)NC(=O)c1cn2ccccc2n1. The van der Waals surface area contributed by atoms with Gasteiger partial charge in [0.1, 0.15) is 11.3 Å². The monoisotopic (exact) mass is 275 g/mol. The number of amides is 1. The van der Waals surface area contributed by atoms with Gasteiger partial charge < -0.3 is 14.8 Å². The highest BCUT2D eigenvalue weighted by Gasteiger charge is 2.18. The van der Waals surface area contributed by atoms with Crippen molar-refractivity contribution in [3.63, 3.8) is 0 Å². The molecule has 6 nitrogen and oxygen atoms in total. The second kappa shape index (κ2) is 6.18. The molecule has 2 heterocycles. The van der Waals surface area contributed by atoms with Crippen molar-refractivity contribution in [3.05, 3.63) is 36.3 Å². The van der Waals surface area contributed by atoms with E-state index in [1.807, 2.05) is 19.1 Å². The molecule has 1 unspecified atom stereocenters. The third-order valence-corrected chi connectivity index (χ3v) is 2.99. The van der Waals surface area contributed by atoms with Crippen LogP contribution in [0.3, 0.4) is 0 Å². The van der Waals surface area contributed by atoms with Crippen molar-refractivity contribution in [3.8, 4) is 0 Å². The molecule has 2 aromatic heterocycles. The number of carboxylic acids is 1. The lowest BCUT2D eigenvalue weighted by Crippen LogP contribution is -2.36. The summed E-state index contributed by atoms with van der Waals surface area (Å²) in [5.41, 5.74) is 0.977. The molecule has 0 aromatic carbocycles. The predicted molar refractivity (Wildman–Crippen MR) is 73.6 cm³/mol. The number of carbonyl (C=O) groups is 2. The zero-order chi connectivity index (χ0) is 14.5. The Kier molecular flexibility index (Phi) is 4.34. The Morgan fingerprint density at radius 2 is 2.25 bits per heavy atom. The van der Waals surface area contributed by atoms with Crippen LogP contribution >= 0.6 is 0 Å². The fourth-order valence-corrected chi connectivity index (χ4v) is 2.09. The minimum Gasteiger partial charge on any atom is -0.481 e. The number of aromatic nitrogens is 2. The van der Waals surface area contributed by atoms with Crippen LogP contribution in [0.25, 0.3) is 5.65 Å². The predicted octanol–water partition coefficient (Wildman–Crippen LogP) is 1.71. The second-order valence-corrected chi connectivity index (χ2v) is 4.65. The van der Waals surface area contributed by atoms with Gasteiger partial charge in [-0.2, -0.15) is 0 Å². The molecular formula is C14H17N3O3. The lowest BCUT2D eigenvalue weighted by molar-refractivity contribution is -0.137. The van der Waals surface area contributed by atoms with Crippen LogP contribution in [-0.4, -0.2) is 32.4 Å². The van der Waals surface area contributed by atoms with Crippen LogP contribution in [0.15, 0.2) is 30.6 Å². The number of aliphatic carboxylic acids is 1. The maximum Gasteiger partial charge on any atom is 0.305 e. The Balaban J connectivity index is 2.11. The quantitative estimate of drug-likeness (QED) is 0.840. The minimum absolute atomic E-state index is 0.0764. The van der Waals surface area contributed by atoms with Gasteiger partial charge in [-0.1, -0.05) is 19.4 Å². The highest BCUT2D eigenvalue weighted by Crippen LogP contribution is 2.07. The maximum atomic E-state index is 12.1. The summed E-state index contributed by atoms with van der Waals surface area (Å²) < 4.78 is 1.75. The maximum absolute atomic E-state index is 12.1. The summed E-state index contributed by atoms with van der Waals surface area (Å²) in [7, 11) is 0. The standard InChI is InChI=1S/C14H17N3O3/c1-2-5-10(8-13(18)19)15-14(20)11-9-17-7-4-3-6-12(17)16-11/h3-4,6-7,9-10H,2,5,8H2,1H3,(H,15,20)(H,18,19). The first-order valence-electron chi connectivity index (χ1n) is 6.56. The molecule has 0 aliphatic heterocycles. The molecule has 2 N–H and O–H groups in total. The number of nitrogens with one attached hydrogen (secondary N) is 1. The van der Waals surface area contributed by atoms with Crippen molar-refractivity contribution in [1.29, 1.82) is 0 Å². The molecule has 0 radical (unpaired) electrons. The van der Waals surface area contributed by atoms with Gasteiger partial charge >= 0.3 is 5.97 Å². The fourth-order valence-electron chi connectivity index (χ4n) is 2.09. The Bertz CT molecular complexity index is 588. The molecular weight excluding hydrogens is 258 g/mol. The van der Waals surface area contributed by atoms with Crippen molar-refractivity contribution in [2.24, 2.45) is 0 Å². The van der Waals surface area contributed by atoms with Crippen molar-refractivity contribution in [1.82, 2.24) is 14.7 Å². The first kappa shape index (κ1) is 14.0. The number of fused-ring (bicyclic) bond motifs is 1. The average Bonchev–Trinajstić information content (AvgIpc) is 2.82. The first-order valence-corrected chi connectivity index (χ1v) is 6.56. The number of nitrogens with zero attached hydrogens (tertiary/aromatic N) is 2. The van der Waals surface area contributed by atoms with Gasteiger partial charge in [-0.3, -0.25) is 9.59 Å². The Hall–Kier alpha value is -2.37.